The second kappa shape index (κ2) is 5.21. The summed E-state index contributed by atoms with van der Waals surface area (Å²) < 4.78 is 0. The number of nitrogens with zero attached hydrogens (tertiary/aromatic N) is 1. The molecular formula is C10H15NO3. The molecule has 0 rings (SSSR count). The highest BCUT2D eigenvalue weighted by Crippen LogP contribution is 2.07. The Kier molecular flexibility index (Phi) is 4.63. The fourth-order valence-electron chi connectivity index (χ4n) is 0.874. The van der Waals surface area contributed by atoms with E-state index in [9.17, 15) is 9.59 Å². The van der Waals surface area contributed by atoms with Crippen LogP contribution in [0.2, 0.25) is 0 Å². The topological polar surface area (TPSA) is 57.6 Å². The zero-order valence-corrected chi connectivity index (χ0v) is 8.70. The number of hydrogen-bond donors (Lipinski definition) is 1. The lowest BCUT2D eigenvalue weighted by Gasteiger charge is -2.10. The molecule has 0 heterocycles. The maximum absolute atomic E-state index is 11.3. The zero-order valence-electron chi connectivity index (χ0n) is 8.70. The maximum atomic E-state index is 11.3. The van der Waals surface area contributed by atoms with Crippen LogP contribution < -0.4 is 0 Å². The average molecular weight is 197 g/mol. The Balaban J connectivity index is 4.72. The highest BCUT2D eigenvalue weighted by atomic mass is 16.4. The van der Waals surface area contributed by atoms with Crippen LogP contribution in [0.25, 0.3) is 0 Å². The highest BCUT2D eigenvalue weighted by Gasteiger charge is 2.10. The van der Waals surface area contributed by atoms with Crippen molar-refractivity contribution in [3.63, 3.8) is 0 Å². The molecule has 4 nitrogen and oxygen atoms in total. The summed E-state index contributed by atoms with van der Waals surface area (Å²) in [6, 6.07) is 0. The molecule has 0 bridgehead atoms. The van der Waals surface area contributed by atoms with Crippen LogP contribution in [0.4, 0.5) is 0 Å². The summed E-state index contributed by atoms with van der Waals surface area (Å²) in [5.41, 5.74) is 0.374. The van der Waals surface area contributed by atoms with Gasteiger partial charge in [0.05, 0.1) is 0 Å². The van der Waals surface area contributed by atoms with Crippen molar-refractivity contribution >= 4 is 11.9 Å². The third-order valence-electron chi connectivity index (χ3n) is 1.68. The molecule has 0 unspecified atom stereocenters. The average Bonchev–Trinajstić information content (AvgIpc) is 2.11. The van der Waals surface area contributed by atoms with Crippen molar-refractivity contribution in [3.8, 4) is 0 Å². The molecule has 0 atom stereocenters. The number of hydrogen-bond acceptors (Lipinski definition) is 2. The second-order valence-corrected chi connectivity index (χ2v) is 3.05. The van der Waals surface area contributed by atoms with E-state index in [0.29, 0.717) is 6.42 Å². The first kappa shape index (κ1) is 12.4. The second-order valence-electron chi connectivity index (χ2n) is 3.05. The number of rotatable bonds is 4. The van der Waals surface area contributed by atoms with Gasteiger partial charge in [0, 0.05) is 25.2 Å². The van der Waals surface area contributed by atoms with Crippen LogP contribution in [0.3, 0.4) is 0 Å². The van der Waals surface area contributed by atoms with Gasteiger partial charge in [-0.3, -0.25) is 4.79 Å². The van der Waals surface area contributed by atoms with Crippen LogP contribution in [0.1, 0.15) is 13.3 Å². The number of likely N-dealkylation sites (N-methyl/N-ethyl adjacent to an activating group) is 1. The van der Waals surface area contributed by atoms with Crippen molar-refractivity contribution in [2.45, 2.75) is 13.3 Å². The summed E-state index contributed by atoms with van der Waals surface area (Å²) in [5.74, 6) is -1.29. The molecule has 78 valence electrons. The Morgan fingerprint density at radius 2 is 1.93 bits per heavy atom. The lowest BCUT2D eigenvalue weighted by atomic mass is 10.1. The molecule has 0 radical (unpaired) electrons. The molecule has 14 heavy (non-hydrogen) atoms. The molecule has 0 aliphatic rings. The molecular weight excluding hydrogens is 182 g/mol. The first-order chi connectivity index (χ1) is 6.40. The molecule has 0 spiro atoms. The van der Waals surface area contributed by atoms with Gasteiger partial charge in [-0.15, -0.1) is 0 Å². The third-order valence-corrected chi connectivity index (χ3v) is 1.68. The fraction of sp³-hybridized carbons (Fsp3) is 0.400. The molecule has 4 heteroatoms. The van der Waals surface area contributed by atoms with E-state index < -0.39 is 5.97 Å². The van der Waals surface area contributed by atoms with Crippen LogP contribution in [-0.2, 0) is 9.59 Å². The van der Waals surface area contributed by atoms with Gasteiger partial charge in [0.25, 0.3) is 5.91 Å². The molecule has 0 aromatic carbocycles. The van der Waals surface area contributed by atoms with Crippen molar-refractivity contribution in [1.29, 1.82) is 0 Å². The van der Waals surface area contributed by atoms with E-state index in [4.69, 9.17) is 5.11 Å². The van der Waals surface area contributed by atoms with Crippen molar-refractivity contribution in [3.05, 3.63) is 23.8 Å². The smallest absolute Gasteiger partial charge is 0.331 e. The van der Waals surface area contributed by atoms with E-state index in [0.717, 1.165) is 0 Å². The summed E-state index contributed by atoms with van der Waals surface area (Å²) >= 11 is 0. The molecule has 0 aromatic rings. The largest absolute Gasteiger partial charge is 0.478 e. The molecule has 0 saturated carbocycles. The van der Waals surface area contributed by atoms with Gasteiger partial charge in [0.2, 0.25) is 0 Å². The van der Waals surface area contributed by atoms with Gasteiger partial charge < -0.3 is 10.0 Å². The van der Waals surface area contributed by atoms with E-state index in [2.05, 4.69) is 6.58 Å². The Hall–Kier alpha value is -1.58. The number of carboxylic acid groups (broad SMARTS) is 1. The van der Waals surface area contributed by atoms with Gasteiger partial charge >= 0.3 is 5.97 Å². The standard InChI is InChI=1S/C10H15NO3/c1-5-8(10(13)14)6-7(2)9(12)11(3)4/h6H,2,5H2,1,3-4H3,(H,13,14). The van der Waals surface area contributed by atoms with Gasteiger partial charge in [-0.25, -0.2) is 4.79 Å². The summed E-state index contributed by atoms with van der Waals surface area (Å²) in [6.07, 6.45) is 1.68. The van der Waals surface area contributed by atoms with E-state index in [-0.39, 0.29) is 17.1 Å². The maximum Gasteiger partial charge on any atom is 0.331 e. The van der Waals surface area contributed by atoms with Gasteiger partial charge in [0.15, 0.2) is 0 Å². The van der Waals surface area contributed by atoms with E-state index in [1.54, 1.807) is 21.0 Å². The predicted molar refractivity (Wildman–Crippen MR) is 53.8 cm³/mol. The number of amides is 1. The first-order valence-electron chi connectivity index (χ1n) is 4.24. The van der Waals surface area contributed by atoms with E-state index >= 15 is 0 Å². The van der Waals surface area contributed by atoms with Crippen LogP contribution in [0, 0.1) is 0 Å². The zero-order chi connectivity index (χ0) is 11.3. The number of carboxylic acids is 1. The van der Waals surface area contributed by atoms with Crippen molar-refractivity contribution in [1.82, 2.24) is 4.90 Å². The summed E-state index contributed by atoms with van der Waals surface area (Å²) in [6.45, 7) is 5.23. The van der Waals surface area contributed by atoms with Gasteiger partial charge in [-0.05, 0) is 12.5 Å². The van der Waals surface area contributed by atoms with Gasteiger partial charge in [-0.2, -0.15) is 0 Å². The molecule has 0 fully saturated rings. The summed E-state index contributed by atoms with van der Waals surface area (Å²) in [5, 5.41) is 8.71. The van der Waals surface area contributed by atoms with Gasteiger partial charge in [-0.1, -0.05) is 13.5 Å². The SMILES string of the molecule is C=C(C=C(CC)C(=O)O)C(=O)N(C)C. The van der Waals surface area contributed by atoms with Crippen molar-refractivity contribution < 1.29 is 14.7 Å². The Labute approximate surface area is 83.5 Å². The minimum Gasteiger partial charge on any atom is -0.478 e. The van der Waals surface area contributed by atoms with Crippen molar-refractivity contribution in [2.24, 2.45) is 0 Å². The van der Waals surface area contributed by atoms with E-state index in [1.165, 1.54) is 11.0 Å². The van der Waals surface area contributed by atoms with Crippen LogP contribution >= 0.6 is 0 Å². The molecule has 1 amide bonds. The Morgan fingerprint density at radius 1 is 1.43 bits per heavy atom. The molecule has 0 saturated heterocycles. The fourth-order valence-corrected chi connectivity index (χ4v) is 0.874. The van der Waals surface area contributed by atoms with Crippen LogP contribution in [-0.4, -0.2) is 36.0 Å². The molecule has 0 aliphatic carbocycles. The molecule has 0 aromatic heterocycles. The minimum atomic E-state index is -1.01. The third kappa shape index (κ3) is 3.43. The quantitative estimate of drug-likeness (QED) is 0.541. The Morgan fingerprint density at radius 3 is 2.21 bits per heavy atom. The lowest BCUT2D eigenvalue weighted by Crippen LogP contribution is -2.22. The minimum absolute atomic E-state index is 0.185. The number of carbonyl (C=O) groups is 2. The van der Waals surface area contributed by atoms with Crippen LogP contribution in [0.15, 0.2) is 23.8 Å². The van der Waals surface area contributed by atoms with Gasteiger partial charge in [0.1, 0.15) is 0 Å². The predicted octanol–water partition coefficient (Wildman–Crippen LogP) is 1.05. The summed E-state index contributed by atoms with van der Waals surface area (Å²) in [7, 11) is 3.18. The lowest BCUT2D eigenvalue weighted by molar-refractivity contribution is -0.132. The van der Waals surface area contributed by atoms with Crippen LogP contribution in [0.5, 0.6) is 0 Å². The summed E-state index contributed by atoms with van der Waals surface area (Å²) in [4.78, 5) is 23.3. The highest BCUT2D eigenvalue weighted by molar-refractivity contribution is 5.98. The molecule has 0 aliphatic heterocycles. The van der Waals surface area contributed by atoms with E-state index in [1.807, 2.05) is 0 Å². The monoisotopic (exact) mass is 197 g/mol. The number of carbonyl (C=O) groups excluding carboxylic acids is 1. The first-order valence-corrected chi connectivity index (χ1v) is 4.24. The molecule has 1 N–H and O–H groups in total. The normalized spacial score (nSPS) is 10.9. The Bertz CT molecular complexity index is 290. The number of aliphatic carboxylic acids is 1. The van der Waals surface area contributed by atoms with Crippen molar-refractivity contribution in [2.75, 3.05) is 14.1 Å².